The number of carbonyl (C=O) groups is 1. The Morgan fingerprint density at radius 3 is 2.50 bits per heavy atom. The zero-order chi connectivity index (χ0) is 22.9. The minimum absolute atomic E-state index is 0.0720. The molecule has 0 aliphatic carbocycles. The first kappa shape index (κ1) is 21.0. The molecule has 0 spiro atoms. The Balaban J connectivity index is 1.63. The molecule has 0 radical (unpaired) electrons. The number of carbonyl (C=O) groups excluding carboxylic acids is 1. The number of rotatable bonds is 4. The molecule has 0 atom stereocenters. The molecular weight excluding hydrogens is 425 g/mol. The SMILES string of the molecule is Cc1cc(=O)c(C(=O)Nc2ccc(-c3cnco3)cc2)nn1-c1cccc(C(F)(F)F)c1. The number of hydrogen-bond donors (Lipinski definition) is 1. The van der Waals surface area contributed by atoms with Crippen LogP contribution in [0.5, 0.6) is 0 Å². The third-order valence-corrected chi connectivity index (χ3v) is 4.60. The van der Waals surface area contributed by atoms with Crippen molar-refractivity contribution in [1.82, 2.24) is 14.8 Å². The third-order valence-electron chi connectivity index (χ3n) is 4.60. The molecule has 32 heavy (non-hydrogen) atoms. The average molecular weight is 440 g/mol. The van der Waals surface area contributed by atoms with Gasteiger partial charge in [-0.3, -0.25) is 9.59 Å². The average Bonchev–Trinajstić information content (AvgIpc) is 3.29. The molecule has 0 saturated carbocycles. The molecule has 0 aliphatic heterocycles. The molecule has 0 unspecified atom stereocenters. The first-order chi connectivity index (χ1) is 15.2. The summed E-state index contributed by atoms with van der Waals surface area (Å²) < 4.78 is 45.5. The summed E-state index contributed by atoms with van der Waals surface area (Å²) in [5.41, 5.74) is -0.488. The predicted octanol–water partition coefficient (Wildman–Crippen LogP) is 4.47. The Labute approximate surface area is 179 Å². The van der Waals surface area contributed by atoms with Crippen molar-refractivity contribution in [3.63, 3.8) is 0 Å². The number of nitrogens with one attached hydrogen (secondary N) is 1. The molecule has 1 amide bonds. The van der Waals surface area contributed by atoms with E-state index in [9.17, 15) is 22.8 Å². The monoisotopic (exact) mass is 440 g/mol. The summed E-state index contributed by atoms with van der Waals surface area (Å²) in [6, 6.07) is 12.2. The number of anilines is 1. The highest BCUT2D eigenvalue weighted by molar-refractivity contribution is 6.02. The lowest BCUT2D eigenvalue weighted by Gasteiger charge is -2.13. The van der Waals surface area contributed by atoms with E-state index >= 15 is 0 Å². The highest BCUT2D eigenvalue weighted by Gasteiger charge is 2.30. The topological polar surface area (TPSA) is 90.0 Å². The lowest BCUT2D eigenvalue weighted by atomic mass is 10.1. The number of oxazole rings is 1. The van der Waals surface area contributed by atoms with Crippen LogP contribution in [0.15, 0.2) is 76.4 Å². The first-order valence-electron chi connectivity index (χ1n) is 9.31. The number of nitrogens with zero attached hydrogens (tertiary/aromatic N) is 3. The van der Waals surface area contributed by atoms with Gasteiger partial charge in [0.05, 0.1) is 17.4 Å². The van der Waals surface area contributed by atoms with Crippen LogP contribution in [-0.4, -0.2) is 20.7 Å². The van der Waals surface area contributed by atoms with E-state index in [0.717, 1.165) is 28.4 Å². The van der Waals surface area contributed by atoms with Crippen molar-refractivity contribution in [2.45, 2.75) is 13.1 Å². The zero-order valence-corrected chi connectivity index (χ0v) is 16.6. The standard InChI is InChI=1S/C22H15F3N4O3/c1-13-9-18(30)20(28-29(13)17-4-2-3-15(10-17)22(23,24)25)21(31)27-16-7-5-14(6-8-16)19-11-26-12-32-19/h2-12H,1H3,(H,27,31). The molecule has 0 bridgehead atoms. The van der Waals surface area contributed by atoms with Crippen LogP contribution in [0.4, 0.5) is 18.9 Å². The fraction of sp³-hybridized carbons (Fsp3) is 0.0909. The van der Waals surface area contributed by atoms with Gasteiger partial charge in [-0.05, 0) is 49.4 Å². The van der Waals surface area contributed by atoms with Gasteiger partial charge in [-0.2, -0.15) is 18.3 Å². The second-order valence-electron chi connectivity index (χ2n) is 6.86. The molecule has 4 rings (SSSR count). The van der Waals surface area contributed by atoms with Gasteiger partial charge in [-0.1, -0.05) is 6.07 Å². The second kappa shape index (κ2) is 8.14. The number of hydrogen-bond acceptors (Lipinski definition) is 5. The van der Waals surface area contributed by atoms with Gasteiger partial charge in [0.2, 0.25) is 5.43 Å². The molecule has 0 fully saturated rings. The van der Waals surface area contributed by atoms with Crippen LogP contribution in [0.3, 0.4) is 0 Å². The van der Waals surface area contributed by atoms with Gasteiger partial charge in [0.15, 0.2) is 17.8 Å². The normalized spacial score (nSPS) is 11.4. The Morgan fingerprint density at radius 2 is 1.84 bits per heavy atom. The van der Waals surface area contributed by atoms with Gasteiger partial charge in [0, 0.05) is 23.0 Å². The maximum absolute atomic E-state index is 13.1. The highest BCUT2D eigenvalue weighted by atomic mass is 19.4. The smallest absolute Gasteiger partial charge is 0.416 e. The third kappa shape index (κ3) is 4.29. The van der Waals surface area contributed by atoms with E-state index < -0.39 is 28.8 Å². The minimum atomic E-state index is -4.54. The Morgan fingerprint density at radius 1 is 1.09 bits per heavy atom. The molecule has 10 heteroatoms. The number of amides is 1. The molecule has 0 saturated heterocycles. The molecular formula is C22H15F3N4O3. The van der Waals surface area contributed by atoms with Crippen molar-refractivity contribution in [1.29, 1.82) is 0 Å². The van der Waals surface area contributed by atoms with E-state index in [1.54, 1.807) is 30.5 Å². The van der Waals surface area contributed by atoms with Crippen LogP contribution in [0.25, 0.3) is 17.0 Å². The van der Waals surface area contributed by atoms with Gasteiger partial charge in [-0.15, -0.1) is 0 Å². The van der Waals surface area contributed by atoms with Crippen LogP contribution in [0, 0.1) is 6.92 Å². The number of benzene rings is 2. The number of aryl methyl sites for hydroxylation is 1. The van der Waals surface area contributed by atoms with Gasteiger partial charge >= 0.3 is 6.18 Å². The van der Waals surface area contributed by atoms with Gasteiger partial charge in [-0.25, -0.2) is 9.67 Å². The summed E-state index contributed by atoms with van der Waals surface area (Å²) in [4.78, 5) is 28.9. The van der Waals surface area contributed by atoms with E-state index in [0.29, 0.717) is 11.4 Å². The van der Waals surface area contributed by atoms with Crippen molar-refractivity contribution in [2.24, 2.45) is 0 Å². The van der Waals surface area contributed by atoms with Crippen LogP contribution >= 0.6 is 0 Å². The Bertz CT molecular complexity index is 1330. The summed E-state index contributed by atoms with van der Waals surface area (Å²) in [5.74, 6) is -0.241. The summed E-state index contributed by atoms with van der Waals surface area (Å²) >= 11 is 0. The van der Waals surface area contributed by atoms with Crippen LogP contribution in [0.1, 0.15) is 21.7 Å². The van der Waals surface area contributed by atoms with E-state index in [-0.39, 0.29) is 11.4 Å². The number of alkyl halides is 3. The van der Waals surface area contributed by atoms with E-state index in [4.69, 9.17) is 4.42 Å². The molecule has 1 N–H and O–H groups in total. The van der Waals surface area contributed by atoms with Crippen LogP contribution in [0.2, 0.25) is 0 Å². The van der Waals surface area contributed by atoms with Crippen LogP contribution < -0.4 is 10.7 Å². The van der Waals surface area contributed by atoms with Crippen molar-refractivity contribution >= 4 is 11.6 Å². The zero-order valence-electron chi connectivity index (χ0n) is 16.6. The van der Waals surface area contributed by atoms with E-state index in [1.165, 1.54) is 25.5 Å². The molecule has 2 aromatic heterocycles. The predicted molar refractivity (Wildman–Crippen MR) is 109 cm³/mol. The van der Waals surface area contributed by atoms with Crippen molar-refractivity contribution in [3.8, 4) is 17.0 Å². The van der Waals surface area contributed by atoms with Gasteiger partial charge in [0.1, 0.15) is 0 Å². The van der Waals surface area contributed by atoms with E-state index in [1.807, 2.05) is 0 Å². The molecule has 2 aromatic carbocycles. The molecule has 0 aliphatic rings. The summed E-state index contributed by atoms with van der Waals surface area (Å²) in [6.45, 7) is 1.51. The van der Waals surface area contributed by atoms with Crippen molar-refractivity contribution < 1.29 is 22.4 Å². The molecule has 4 aromatic rings. The maximum Gasteiger partial charge on any atom is 0.416 e. The summed E-state index contributed by atoms with van der Waals surface area (Å²) in [6.07, 6.45) is -1.70. The largest absolute Gasteiger partial charge is 0.444 e. The van der Waals surface area contributed by atoms with Gasteiger partial charge < -0.3 is 9.73 Å². The quantitative estimate of drug-likeness (QED) is 0.506. The second-order valence-corrected chi connectivity index (χ2v) is 6.86. The minimum Gasteiger partial charge on any atom is -0.444 e. The lowest BCUT2D eigenvalue weighted by Crippen LogP contribution is -2.27. The van der Waals surface area contributed by atoms with Crippen molar-refractivity contribution in [2.75, 3.05) is 5.32 Å². The molecule has 2 heterocycles. The number of halogens is 3. The van der Waals surface area contributed by atoms with Gasteiger partial charge in [0.25, 0.3) is 5.91 Å². The summed E-state index contributed by atoms with van der Waals surface area (Å²) in [7, 11) is 0. The summed E-state index contributed by atoms with van der Waals surface area (Å²) in [5, 5.41) is 6.59. The fourth-order valence-corrected chi connectivity index (χ4v) is 3.05. The Hall–Kier alpha value is -4.21. The molecule has 162 valence electrons. The first-order valence-corrected chi connectivity index (χ1v) is 9.31. The maximum atomic E-state index is 13.1. The van der Waals surface area contributed by atoms with Crippen molar-refractivity contribution in [3.05, 3.63) is 94.4 Å². The highest BCUT2D eigenvalue weighted by Crippen LogP contribution is 2.30. The molecule has 7 nitrogen and oxygen atoms in total. The lowest BCUT2D eigenvalue weighted by molar-refractivity contribution is -0.137. The van der Waals surface area contributed by atoms with E-state index in [2.05, 4.69) is 15.4 Å². The number of aromatic nitrogens is 3. The Kier molecular flexibility index (Phi) is 5.35. The fourth-order valence-electron chi connectivity index (χ4n) is 3.05. The van der Waals surface area contributed by atoms with Crippen LogP contribution in [-0.2, 0) is 6.18 Å².